The summed E-state index contributed by atoms with van der Waals surface area (Å²) in [5.41, 5.74) is 1.17. The van der Waals surface area contributed by atoms with E-state index in [4.69, 9.17) is 9.47 Å². The molecule has 25 heavy (non-hydrogen) atoms. The van der Waals surface area contributed by atoms with E-state index in [1.165, 1.54) is 39.0 Å². The highest BCUT2D eigenvalue weighted by Crippen LogP contribution is 2.60. The van der Waals surface area contributed by atoms with Crippen molar-refractivity contribution in [1.82, 2.24) is 5.32 Å². The molecule has 2 saturated carbocycles. The number of ether oxygens (including phenoxy) is 2. The number of carbonyl (C=O) groups is 1. The second kappa shape index (κ2) is 6.96. The van der Waals surface area contributed by atoms with Crippen molar-refractivity contribution >= 4 is 11.6 Å². The molecule has 0 radical (unpaired) electrons. The van der Waals surface area contributed by atoms with Crippen molar-refractivity contribution in [3.05, 3.63) is 24.3 Å². The van der Waals surface area contributed by atoms with Gasteiger partial charge in [-0.3, -0.25) is 4.79 Å². The van der Waals surface area contributed by atoms with Gasteiger partial charge in [-0.1, -0.05) is 18.9 Å². The molecule has 0 bridgehead atoms. The fourth-order valence-corrected chi connectivity index (χ4v) is 5.26. The van der Waals surface area contributed by atoms with Crippen LogP contribution in [0.4, 0.5) is 5.69 Å². The molecule has 136 valence electrons. The highest BCUT2D eigenvalue weighted by Gasteiger charge is 2.64. The van der Waals surface area contributed by atoms with Crippen LogP contribution in [0.25, 0.3) is 0 Å². The predicted molar refractivity (Wildman–Crippen MR) is 96.8 cm³/mol. The summed E-state index contributed by atoms with van der Waals surface area (Å²) in [6.07, 6.45) is 7.01. The molecule has 3 aliphatic rings. The van der Waals surface area contributed by atoms with Gasteiger partial charge in [0.1, 0.15) is 12.4 Å². The number of rotatable bonds is 6. The lowest BCUT2D eigenvalue weighted by atomic mass is 9.54. The fourth-order valence-electron chi connectivity index (χ4n) is 5.26. The maximum atomic E-state index is 11.1. The summed E-state index contributed by atoms with van der Waals surface area (Å²) in [5.74, 6) is 1.42. The van der Waals surface area contributed by atoms with Gasteiger partial charge in [-0.05, 0) is 31.4 Å². The number of anilines is 1. The lowest BCUT2D eigenvalue weighted by Crippen LogP contribution is -2.67. The van der Waals surface area contributed by atoms with E-state index in [1.54, 1.807) is 0 Å². The molecular formula is C20H28N2O3. The summed E-state index contributed by atoms with van der Waals surface area (Å²) >= 11 is 0. The van der Waals surface area contributed by atoms with Crippen LogP contribution in [-0.4, -0.2) is 37.8 Å². The van der Waals surface area contributed by atoms with E-state index in [2.05, 4.69) is 10.6 Å². The molecule has 0 aromatic heterocycles. The number of fused-ring (bicyclic) bond motifs is 2. The summed E-state index contributed by atoms with van der Waals surface area (Å²) in [4.78, 5) is 11.1. The lowest BCUT2D eigenvalue weighted by Gasteiger charge is -2.57. The van der Waals surface area contributed by atoms with Gasteiger partial charge in [-0.2, -0.15) is 0 Å². The van der Waals surface area contributed by atoms with Gasteiger partial charge in [-0.15, -0.1) is 0 Å². The van der Waals surface area contributed by atoms with E-state index in [0.29, 0.717) is 30.1 Å². The third kappa shape index (κ3) is 3.15. The molecule has 0 unspecified atom stereocenters. The zero-order chi connectivity index (χ0) is 17.3. The molecule has 1 amide bonds. The van der Waals surface area contributed by atoms with Gasteiger partial charge >= 0.3 is 0 Å². The molecule has 3 atom stereocenters. The lowest BCUT2D eigenvalue weighted by molar-refractivity contribution is -0.130. The Morgan fingerprint density at radius 1 is 1.36 bits per heavy atom. The monoisotopic (exact) mass is 344 g/mol. The van der Waals surface area contributed by atoms with Crippen molar-refractivity contribution in [2.75, 3.05) is 25.1 Å². The van der Waals surface area contributed by atoms with Crippen molar-refractivity contribution in [2.45, 2.75) is 51.2 Å². The van der Waals surface area contributed by atoms with Gasteiger partial charge in [0.25, 0.3) is 0 Å². The second-order valence-electron chi connectivity index (χ2n) is 7.67. The summed E-state index contributed by atoms with van der Waals surface area (Å²) in [6.45, 7) is 3.92. The highest BCUT2D eigenvalue weighted by molar-refractivity contribution is 5.88. The number of hydrogen-bond acceptors (Lipinski definition) is 4. The van der Waals surface area contributed by atoms with E-state index < -0.39 is 0 Å². The van der Waals surface area contributed by atoms with Crippen molar-refractivity contribution in [3.63, 3.8) is 0 Å². The number of hydrogen-bond donors (Lipinski definition) is 2. The van der Waals surface area contributed by atoms with Crippen LogP contribution < -0.4 is 15.4 Å². The van der Waals surface area contributed by atoms with Crippen LogP contribution in [-0.2, 0) is 9.53 Å². The first kappa shape index (κ1) is 16.9. The van der Waals surface area contributed by atoms with Gasteiger partial charge in [-0.25, -0.2) is 0 Å². The van der Waals surface area contributed by atoms with Crippen LogP contribution >= 0.6 is 0 Å². The minimum absolute atomic E-state index is 0.0704. The normalized spacial score (nSPS) is 29.2. The fraction of sp³-hybridized carbons (Fsp3) is 0.650. The van der Waals surface area contributed by atoms with Crippen LogP contribution in [0.15, 0.2) is 24.3 Å². The highest BCUT2D eigenvalue weighted by atomic mass is 16.5. The van der Waals surface area contributed by atoms with Crippen molar-refractivity contribution in [2.24, 2.45) is 11.3 Å². The minimum atomic E-state index is -0.0704. The Balaban J connectivity index is 1.27. The maximum absolute atomic E-state index is 11.1. The van der Waals surface area contributed by atoms with Crippen LogP contribution in [0, 0.1) is 11.3 Å². The van der Waals surface area contributed by atoms with E-state index >= 15 is 0 Å². The smallest absolute Gasteiger partial charge is 0.221 e. The number of amides is 1. The third-order valence-corrected chi connectivity index (χ3v) is 6.18. The molecule has 2 N–H and O–H groups in total. The Morgan fingerprint density at radius 3 is 3.00 bits per heavy atom. The Morgan fingerprint density at radius 2 is 2.20 bits per heavy atom. The molecule has 1 aromatic rings. The third-order valence-electron chi connectivity index (χ3n) is 6.18. The van der Waals surface area contributed by atoms with E-state index in [1.807, 2.05) is 24.3 Å². The molecule has 4 rings (SSSR count). The van der Waals surface area contributed by atoms with E-state index in [9.17, 15) is 4.79 Å². The topological polar surface area (TPSA) is 59.6 Å². The second-order valence-corrected chi connectivity index (χ2v) is 7.67. The predicted octanol–water partition coefficient (Wildman–Crippen LogP) is 2.96. The van der Waals surface area contributed by atoms with Crippen molar-refractivity contribution < 1.29 is 14.3 Å². The van der Waals surface area contributed by atoms with Gasteiger partial charge in [0, 0.05) is 49.2 Å². The summed E-state index contributed by atoms with van der Waals surface area (Å²) in [5, 5.41) is 6.55. The Kier molecular flexibility index (Phi) is 4.69. The maximum Gasteiger partial charge on any atom is 0.221 e. The minimum Gasteiger partial charge on any atom is -0.492 e. The molecule has 1 aromatic carbocycles. The largest absolute Gasteiger partial charge is 0.492 e. The van der Waals surface area contributed by atoms with Crippen LogP contribution in [0.3, 0.4) is 0 Å². The summed E-state index contributed by atoms with van der Waals surface area (Å²) in [6, 6.07) is 8.15. The van der Waals surface area contributed by atoms with Crippen LogP contribution in [0.1, 0.15) is 39.0 Å². The molecule has 1 aliphatic heterocycles. The Bertz CT molecular complexity index is 627. The zero-order valence-corrected chi connectivity index (χ0v) is 14.9. The molecule has 2 aliphatic carbocycles. The summed E-state index contributed by atoms with van der Waals surface area (Å²) < 4.78 is 11.9. The van der Waals surface area contributed by atoms with Gasteiger partial charge in [0.15, 0.2) is 0 Å². The standard InChI is InChI=1S/C20H28N2O3/c1-14(23)22-15-5-4-6-16(13-15)24-12-10-21-18-17-7-11-25-19(17)20(18)8-2-3-9-20/h4-6,13,17-19,21H,2-3,7-12H2,1H3,(H,22,23)/t17-,18-,19-/m1/s1. The zero-order valence-electron chi connectivity index (χ0n) is 14.9. The van der Waals surface area contributed by atoms with Gasteiger partial charge in [0.05, 0.1) is 6.10 Å². The molecule has 1 spiro atoms. The van der Waals surface area contributed by atoms with Gasteiger partial charge < -0.3 is 20.1 Å². The SMILES string of the molecule is CC(=O)Nc1cccc(OCCN[C@@H]2[C@H]3CCO[C@H]3C23CCCC3)c1. The van der Waals surface area contributed by atoms with Crippen LogP contribution in [0.5, 0.6) is 5.75 Å². The quantitative estimate of drug-likeness (QED) is 0.779. The molecule has 5 nitrogen and oxygen atoms in total. The Labute approximate surface area is 149 Å². The van der Waals surface area contributed by atoms with Crippen molar-refractivity contribution in [1.29, 1.82) is 0 Å². The first-order valence-corrected chi connectivity index (χ1v) is 9.54. The van der Waals surface area contributed by atoms with E-state index in [0.717, 1.165) is 24.6 Å². The average Bonchev–Trinajstić information content (AvgIpc) is 3.23. The van der Waals surface area contributed by atoms with Crippen LogP contribution in [0.2, 0.25) is 0 Å². The van der Waals surface area contributed by atoms with Crippen molar-refractivity contribution in [3.8, 4) is 5.75 Å². The molecule has 1 saturated heterocycles. The molecule has 3 fully saturated rings. The molecular weight excluding hydrogens is 316 g/mol. The molecule has 1 heterocycles. The average molecular weight is 344 g/mol. The van der Waals surface area contributed by atoms with Gasteiger partial charge in [0.2, 0.25) is 5.91 Å². The summed E-state index contributed by atoms with van der Waals surface area (Å²) in [7, 11) is 0. The number of carbonyl (C=O) groups excluding carboxylic acids is 1. The number of nitrogens with one attached hydrogen (secondary N) is 2. The number of benzene rings is 1. The first-order valence-electron chi connectivity index (χ1n) is 9.54. The first-order chi connectivity index (χ1) is 12.2. The van der Waals surface area contributed by atoms with E-state index in [-0.39, 0.29) is 5.91 Å². The Hall–Kier alpha value is -1.59. The molecule has 5 heteroatoms.